The van der Waals surface area contributed by atoms with Crippen LogP contribution in [0.15, 0.2) is 91.2 Å². The van der Waals surface area contributed by atoms with E-state index in [1.54, 1.807) is 0 Å². The number of benzene rings is 3. The predicted molar refractivity (Wildman–Crippen MR) is 156 cm³/mol. The molecule has 39 heavy (non-hydrogen) atoms. The number of carbonyl (C=O) groups is 2. The standard InChI is InChI=1S/C29H37NO.C4H4O4/c1-22(2)30(23(3)4)19-18-27(26-14-10-7-11-15-26)28-20-24(5)16-17-29(28)31-21-25-12-8-6-9-13-25;5-3-8-2-1-4(6)7/h6-17,20,22-23,27H,18-19,21H2,1-5H3;1-3H,(H,6,7)/b;2-1+/t27-;/m1./s1. The molecule has 0 spiro atoms. The van der Waals surface area contributed by atoms with E-state index in [2.05, 4.69) is 117 Å². The van der Waals surface area contributed by atoms with E-state index in [-0.39, 0.29) is 6.47 Å². The fourth-order valence-corrected chi connectivity index (χ4v) is 4.51. The van der Waals surface area contributed by atoms with Crippen LogP contribution in [0, 0.1) is 6.92 Å². The number of ether oxygens (including phenoxy) is 2. The third-order valence-corrected chi connectivity index (χ3v) is 6.33. The van der Waals surface area contributed by atoms with E-state index in [4.69, 9.17) is 9.84 Å². The fourth-order valence-electron chi connectivity index (χ4n) is 4.51. The van der Waals surface area contributed by atoms with Gasteiger partial charge < -0.3 is 14.6 Å². The number of aliphatic carboxylic acids is 1. The first kappa shape index (κ1) is 31.3. The van der Waals surface area contributed by atoms with Gasteiger partial charge in [-0.1, -0.05) is 78.4 Å². The molecule has 0 fully saturated rings. The van der Waals surface area contributed by atoms with Gasteiger partial charge in [0.25, 0.3) is 6.47 Å². The van der Waals surface area contributed by atoms with Crippen molar-refractivity contribution in [2.45, 2.75) is 65.6 Å². The second kappa shape index (κ2) is 16.8. The van der Waals surface area contributed by atoms with Gasteiger partial charge in [-0.25, -0.2) is 4.79 Å². The molecule has 0 aromatic heterocycles. The topological polar surface area (TPSA) is 76.1 Å². The van der Waals surface area contributed by atoms with E-state index >= 15 is 0 Å². The van der Waals surface area contributed by atoms with Crippen molar-refractivity contribution in [3.8, 4) is 5.75 Å². The summed E-state index contributed by atoms with van der Waals surface area (Å²) in [5.41, 5.74) is 5.10. The molecule has 0 heterocycles. The van der Waals surface area contributed by atoms with E-state index in [1.165, 1.54) is 22.3 Å². The Morgan fingerprint density at radius 2 is 1.54 bits per heavy atom. The molecule has 0 radical (unpaired) electrons. The van der Waals surface area contributed by atoms with Crippen LogP contribution in [0.4, 0.5) is 0 Å². The molecule has 0 unspecified atom stereocenters. The van der Waals surface area contributed by atoms with Crippen molar-refractivity contribution in [3.05, 3.63) is 113 Å². The van der Waals surface area contributed by atoms with Gasteiger partial charge in [-0.05, 0) is 64.8 Å². The summed E-state index contributed by atoms with van der Waals surface area (Å²) in [5.74, 6) is 0.141. The second-order valence-electron chi connectivity index (χ2n) is 9.87. The zero-order valence-electron chi connectivity index (χ0n) is 23.6. The minimum atomic E-state index is -1.15. The molecule has 0 saturated heterocycles. The maximum atomic E-state index is 9.59. The third kappa shape index (κ3) is 11.2. The van der Waals surface area contributed by atoms with Gasteiger partial charge in [0, 0.05) is 23.6 Å². The smallest absolute Gasteiger partial charge is 0.331 e. The van der Waals surface area contributed by atoms with E-state index in [1.807, 2.05) is 6.07 Å². The molecule has 3 aromatic rings. The van der Waals surface area contributed by atoms with Crippen molar-refractivity contribution >= 4 is 12.4 Å². The molecule has 3 rings (SSSR count). The number of hydrogen-bond donors (Lipinski definition) is 1. The quantitative estimate of drug-likeness (QED) is 0.146. The molecular weight excluding hydrogens is 490 g/mol. The zero-order valence-corrected chi connectivity index (χ0v) is 23.6. The lowest BCUT2D eigenvalue weighted by Crippen LogP contribution is -2.38. The molecule has 0 bridgehead atoms. The SMILES string of the molecule is Cc1ccc(OCc2ccccc2)c([C@H](CCN(C(C)C)C(C)C)c2ccccc2)c1.O=CO/C=C/C(=O)O. The van der Waals surface area contributed by atoms with Gasteiger partial charge in [-0.3, -0.25) is 9.69 Å². The first-order valence-electron chi connectivity index (χ1n) is 13.3. The first-order valence-corrected chi connectivity index (χ1v) is 13.3. The number of hydrogen-bond acceptors (Lipinski definition) is 5. The maximum Gasteiger partial charge on any atom is 0.331 e. The third-order valence-electron chi connectivity index (χ3n) is 6.33. The largest absolute Gasteiger partial charge is 0.489 e. The van der Waals surface area contributed by atoms with Crippen molar-refractivity contribution in [2.24, 2.45) is 0 Å². The zero-order chi connectivity index (χ0) is 28.6. The Balaban J connectivity index is 0.000000580. The molecular formula is C33H41NO5. The number of aryl methyl sites for hydroxylation is 1. The van der Waals surface area contributed by atoms with Gasteiger partial charge in [0.05, 0.1) is 6.08 Å². The summed E-state index contributed by atoms with van der Waals surface area (Å²) in [7, 11) is 0. The fraction of sp³-hybridized carbons (Fsp3) is 0.333. The molecule has 0 aliphatic heterocycles. The molecule has 6 nitrogen and oxygen atoms in total. The maximum absolute atomic E-state index is 9.59. The van der Waals surface area contributed by atoms with Crippen LogP contribution in [0.5, 0.6) is 5.75 Å². The normalized spacial score (nSPS) is 11.8. The molecule has 6 heteroatoms. The van der Waals surface area contributed by atoms with E-state index in [9.17, 15) is 9.59 Å². The van der Waals surface area contributed by atoms with Gasteiger partial charge in [0.2, 0.25) is 0 Å². The molecule has 0 aliphatic carbocycles. The summed E-state index contributed by atoms with van der Waals surface area (Å²) in [4.78, 5) is 21.5. The van der Waals surface area contributed by atoms with Gasteiger partial charge in [-0.15, -0.1) is 0 Å². The number of carbonyl (C=O) groups excluding carboxylic acids is 1. The van der Waals surface area contributed by atoms with Crippen molar-refractivity contribution < 1.29 is 24.2 Å². The van der Waals surface area contributed by atoms with Crippen molar-refractivity contribution in [3.63, 3.8) is 0 Å². The van der Waals surface area contributed by atoms with Crippen LogP contribution in [0.1, 0.15) is 62.3 Å². The summed E-state index contributed by atoms with van der Waals surface area (Å²) < 4.78 is 10.3. The lowest BCUT2D eigenvalue weighted by Gasteiger charge is -2.32. The van der Waals surface area contributed by atoms with Crippen LogP contribution in [-0.2, 0) is 20.9 Å². The average Bonchev–Trinajstić information content (AvgIpc) is 2.91. The molecule has 208 valence electrons. The molecule has 1 N–H and O–H groups in total. The Morgan fingerprint density at radius 3 is 2.10 bits per heavy atom. The van der Waals surface area contributed by atoms with Crippen LogP contribution < -0.4 is 4.74 Å². The molecule has 0 saturated carbocycles. The highest BCUT2D eigenvalue weighted by atomic mass is 16.5. The Kier molecular flexibility index (Phi) is 13.5. The Labute approximate surface area is 232 Å². The van der Waals surface area contributed by atoms with E-state index in [0.717, 1.165) is 25.0 Å². The number of nitrogens with zero attached hydrogens (tertiary/aromatic N) is 1. The summed E-state index contributed by atoms with van der Waals surface area (Å²) in [6.45, 7) is 13.1. The second-order valence-corrected chi connectivity index (χ2v) is 9.87. The molecule has 0 aliphatic rings. The predicted octanol–water partition coefficient (Wildman–Crippen LogP) is 6.97. The van der Waals surface area contributed by atoms with Gasteiger partial charge in [0.15, 0.2) is 0 Å². The van der Waals surface area contributed by atoms with Crippen LogP contribution in [-0.4, -0.2) is 41.1 Å². The summed E-state index contributed by atoms with van der Waals surface area (Å²) in [6, 6.07) is 29.0. The number of rotatable bonds is 13. The van der Waals surface area contributed by atoms with Gasteiger partial charge in [-0.2, -0.15) is 0 Å². The Morgan fingerprint density at radius 1 is 0.923 bits per heavy atom. The summed E-state index contributed by atoms with van der Waals surface area (Å²) in [6.07, 6.45) is 2.56. The van der Waals surface area contributed by atoms with E-state index < -0.39 is 5.97 Å². The van der Waals surface area contributed by atoms with Crippen molar-refractivity contribution in [2.75, 3.05) is 6.54 Å². The lowest BCUT2D eigenvalue weighted by atomic mass is 9.86. The Hall–Kier alpha value is -3.90. The Bertz CT molecular complexity index is 1150. The van der Waals surface area contributed by atoms with Crippen LogP contribution in [0.2, 0.25) is 0 Å². The monoisotopic (exact) mass is 531 g/mol. The van der Waals surface area contributed by atoms with Crippen LogP contribution in [0.3, 0.4) is 0 Å². The average molecular weight is 532 g/mol. The minimum Gasteiger partial charge on any atom is -0.489 e. The molecule has 3 aromatic carbocycles. The summed E-state index contributed by atoms with van der Waals surface area (Å²) in [5, 5.41) is 7.86. The van der Waals surface area contributed by atoms with Crippen LogP contribution in [0.25, 0.3) is 0 Å². The number of carboxylic acids is 1. The molecule has 0 amide bonds. The lowest BCUT2D eigenvalue weighted by molar-refractivity contribution is -0.131. The summed E-state index contributed by atoms with van der Waals surface area (Å²) >= 11 is 0. The first-order chi connectivity index (χ1) is 18.7. The van der Waals surface area contributed by atoms with Crippen molar-refractivity contribution in [1.82, 2.24) is 4.90 Å². The molecule has 1 atom stereocenters. The highest BCUT2D eigenvalue weighted by molar-refractivity contribution is 5.79. The number of carboxylic acid groups (broad SMARTS) is 1. The van der Waals surface area contributed by atoms with Crippen molar-refractivity contribution in [1.29, 1.82) is 0 Å². The van der Waals surface area contributed by atoms with Crippen LogP contribution >= 0.6 is 0 Å². The highest BCUT2D eigenvalue weighted by Gasteiger charge is 2.22. The van der Waals surface area contributed by atoms with Gasteiger partial charge >= 0.3 is 5.97 Å². The van der Waals surface area contributed by atoms with Gasteiger partial charge in [0.1, 0.15) is 18.6 Å². The minimum absolute atomic E-state index is 0.138. The van der Waals surface area contributed by atoms with E-state index in [0.29, 0.717) is 30.7 Å². The highest BCUT2D eigenvalue weighted by Crippen LogP contribution is 2.36.